The molecule has 0 radical (unpaired) electrons. The van der Waals surface area contributed by atoms with E-state index in [9.17, 15) is 4.79 Å². The predicted molar refractivity (Wildman–Crippen MR) is 57.1 cm³/mol. The minimum absolute atomic E-state index is 0.298. The predicted octanol–water partition coefficient (Wildman–Crippen LogP) is 1.83. The second-order valence-corrected chi connectivity index (χ2v) is 3.73. The van der Waals surface area contributed by atoms with E-state index >= 15 is 0 Å². The average molecular weight is 203 g/mol. The molecule has 3 heteroatoms. The number of aromatic nitrogens is 1. The number of nitrogens with zero attached hydrogens (tertiary/aromatic N) is 1. The van der Waals surface area contributed by atoms with Crippen molar-refractivity contribution in [3.05, 3.63) is 35.7 Å². The van der Waals surface area contributed by atoms with Crippen molar-refractivity contribution in [3.8, 4) is 0 Å². The van der Waals surface area contributed by atoms with Crippen LogP contribution in [0.15, 0.2) is 24.4 Å². The summed E-state index contributed by atoms with van der Waals surface area (Å²) in [6.07, 6.45) is 4.25. The Hall–Kier alpha value is -1.64. The molecular weight excluding hydrogens is 190 g/mol. The summed E-state index contributed by atoms with van der Waals surface area (Å²) in [7, 11) is 1.39. The summed E-state index contributed by atoms with van der Waals surface area (Å²) in [4.78, 5) is 15.5. The Kier molecular flexibility index (Phi) is 2.54. The number of esters is 1. The van der Waals surface area contributed by atoms with Crippen LogP contribution in [0, 0.1) is 5.92 Å². The van der Waals surface area contributed by atoms with Gasteiger partial charge in [-0.15, -0.1) is 0 Å². The average Bonchev–Trinajstić information content (AvgIpc) is 2.55. The van der Waals surface area contributed by atoms with E-state index in [-0.39, 0.29) is 5.97 Å². The molecular formula is C12H13NO2. The number of carbonyl (C=O) groups is 1. The maximum absolute atomic E-state index is 11.2. The van der Waals surface area contributed by atoms with Gasteiger partial charge >= 0.3 is 5.97 Å². The molecule has 1 atom stereocenters. The highest BCUT2D eigenvalue weighted by Gasteiger charge is 2.24. The zero-order valence-electron chi connectivity index (χ0n) is 8.86. The Morgan fingerprint density at radius 2 is 2.47 bits per heavy atom. The minimum Gasteiger partial charge on any atom is -0.466 e. The maximum Gasteiger partial charge on any atom is 0.330 e. The SMILES string of the molecule is COC(=O)/C=C1/c2cccnc2CC1C. The smallest absolute Gasteiger partial charge is 0.330 e. The lowest BCUT2D eigenvalue weighted by Gasteiger charge is -2.04. The van der Waals surface area contributed by atoms with E-state index in [1.807, 2.05) is 12.1 Å². The van der Waals surface area contributed by atoms with Gasteiger partial charge in [-0.05, 0) is 29.5 Å². The Labute approximate surface area is 88.8 Å². The summed E-state index contributed by atoms with van der Waals surface area (Å²) < 4.78 is 4.64. The second kappa shape index (κ2) is 3.85. The van der Waals surface area contributed by atoms with E-state index in [0.717, 1.165) is 23.3 Å². The van der Waals surface area contributed by atoms with Crippen molar-refractivity contribution in [1.82, 2.24) is 4.98 Å². The number of hydrogen-bond acceptors (Lipinski definition) is 3. The summed E-state index contributed by atoms with van der Waals surface area (Å²) >= 11 is 0. The van der Waals surface area contributed by atoms with Crippen molar-refractivity contribution in [3.63, 3.8) is 0 Å². The van der Waals surface area contributed by atoms with Gasteiger partial charge in [-0.3, -0.25) is 4.98 Å². The van der Waals surface area contributed by atoms with Gasteiger partial charge in [0, 0.05) is 18.0 Å². The lowest BCUT2D eigenvalue weighted by molar-refractivity contribution is -0.134. The van der Waals surface area contributed by atoms with Crippen LogP contribution in [0.5, 0.6) is 0 Å². The highest BCUT2D eigenvalue weighted by Crippen LogP contribution is 2.35. The van der Waals surface area contributed by atoms with Crippen molar-refractivity contribution in [2.45, 2.75) is 13.3 Å². The van der Waals surface area contributed by atoms with Gasteiger partial charge in [0.1, 0.15) is 0 Å². The van der Waals surface area contributed by atoms with E-state index in [0.29, 0.717) is 5.92 Å². The fourth-order valence-electron chi connectivity index (χ4n) is 1.93. The molecule has 0 saturated heterocycles. The number of carbonyl (C=O) groups excluding carboxylic acids is 1. The van der Waals surface area contributed by atoms with Crippen molar-refractivity contribution in [2.24, 2.45) is 5.92 Å². The highest BCUT2D eigenvalue weighted by molar-refractivity contribution is 5.93. The zero-order valence-corrected chi connectivity index (χ0v) is 8.86. The van der Waals surface area contributed by atoms with Gasteiger partial charge in [0.25, 0.3) is 0 Å². The van der Waals surface area contributed by atoms with Gasteiger partial charge in [-0.2, -0.15) is 0 Å². The molecule has 0 fully saturated rings. The third-order valence-corrected chi connectivity index (χ3v) is 2.71. The van der Waals surface area contributed by atoms with Crippen LogP contribution >= 0.6 is 0 Å². The van der Waals surface area contributed by atoms with Crippen LogP contribution in [0.25, 0.3) is 5.57 Å². The summed E-state index contributed by atoms with van der Waals surface area (Å²) in [6, 6.07) is 3.89. The summed E-state index contributed by atoms with van der Waals surface area (Å²) in [5, 5.41) is 0. The largest absolute Gasteiger partial charge is 0.466 e. The standard InChI is InChI=1S/C12H13NO2/c1-8-6-11-9(4-3-5-13-11)10(8)7-12(14)15-2/h3-5,7-8H,6H2,1-2H3/b10-7+. The molecule has 2 rings (SSSR count). The Morgan fingerprint density at radius 3 is 3.20 bits per heavy atom. The van der Waals surface area contributed by atoms with Crippen LogP contribution in [0.4, 0.5) is 0 Å². The molecule has 0 aromatic carbocycles. The van der Waals surface area contributed by atoms with Gasteiger partial charge < -0.3 is 4.74 Å². The molecule has 0 spiro atoms. The first-order chi connectivity index (χ1) is 7.22. The van der Waals surface area contributed by atoms with E-state index in [1.54, 1.807) is 12.3 Å². The van der Waals surface area contributed by atoms with Gasteiger partial charge in [-0.1, -0.05) is 13.0 Å². The third-order valence-electron chi connectivity index (χ3n) is 2.71. The zero-order chi connectivity index (χ0) is 10.8. The first-order valence-electron chi connectivity index (χ1n) is 4.96. The highest BCUT2D eigenvalue weighted by atomic mass is 16.5. The number of fused-ring (bicyclic) bond motifs is 1. The number of rotatable bonds is 1. The van der Waals surface area contributed by atoms with Crippen LogP contribution in [0.2, 0.25) is 0 Å². The number of hydrogen-bond donors (Lipinski definition) is 0. The van der Waals surface area contributed by atoms with E-state index in [4.69, 9.17) is 0 Å². The van der Waals surface area contributed by atoms with Gasteiger partial charge in [0.2, 0.25) is 0 Å². The normalized spacial score (nSPS) is 21.5. The molecule has 1 aliphatic rings. The van der Waals surface area contributed by atoms with Crippen LogP contribution < -0.4 is 0 Å². The summed E-state index contributed by atoms with van der Waals surface area (Å²) in [5.41, 5.74) is 3.18. The third kappa shape index (κ3) is 1.77. The van der Waals surface area contributed by atoms with Crippen LogP contribution in [-0.2, 0) is 16.0 Å². The fourth-order valence-corrected chi connectivity index (χ4v) is 1.93. The Morgan fingerprint density at radius 1 is 1.67 bits per heavy atom. The quantitative estimate of drug-likeness (QED) is 0.516. The minimum atomic E-state index is -0.298. The lowest BCUT2D eigenvalue weighted by atomic mass is 10.0. The van der Waals surface area contributed by atoms with Crippen LogP contribution in [-0.4, -0.2) is 18.1 Å². The van der Waals surface area contributed by atoms with E-state index in [1.165, 1.54) is 7.11 Å². The van der Waals surface area contributed by atoms with Gasteiger partial charge in [-0.25, -0.2) is 4.79 Å². The van der Waals surface area contributed by atoms with Gasteiger partial charge in [0.05, 0.1) is 7.11 Å². The fraction of sp³-hybridized carbons (Fsp3) is 0.333. The van der Waals surface area contributed by atoms with Crippen LogP contribution in [0.1, 0.15) is 18.2 Å². The molecule has 0 amide bonds. The molecule has 0 N–H and O–H groups in total. The number of pyridine rings is 1. The van der Waals surface area contributed by atoms with E-state index in [2.05, 4.69) is 16.6 Å². The molecule has 1 aromatic rings. The van der Waals surface area contributed by atoms with Gasteiger partial charge in [0.15, 0.2) is 0 Å². The maximum atomic E-state index is 11.2. The number of ether oxygens (including phenoxy) is 1. The molecule has 3 nitrogen and oxygen atoms in total. The van der Waals surface area contributed by atoms with Crippen molar-refractivity contribution >= 4 is 11.5 Å². The first kappa shape index (κ1) is 9.90. The lowest BCUT2D eigenvalue weighted by Crippen LogP contribution is -1.99. The van der Waals surface area contributed by atoms with Crippen molar-refractivity contribution in [2.75, 3.05) is 7.11 Å². The molecule has 1 heterocycles. The molecule has 15 heavy (non-hydrogen) atoms. The second-order valence-electron chi connectivity index (χ2n) is 3.73. The number of methoxy groups -OCH3 is 1. The molecule has 0 aliphatic heterocycles. The van der Waals surface area contributed by atoms with E-state index < -0.39 is 0 Å². The first-order valence-corrected chi connectivity index (χ1v) is 4.96. The van der Waals surface area contributed by atoms with Crippen molar-refractivity contribution in [1.29, 1.82) is 0 Å². The summed E-state index contributed by atoms with van der Waals surface area (Å²) in [6.45, 7) is 2.09. The Balaban J connectivity index is 2.42. The number of allylic oxidation sites excluding steroid dienone is 1. The molecule has 0 bridgehead atoms. The molecule has 78 valence electrons. The monoisotopic (exact) mass is 203 g/mol. The topological polar surface area (TPSA) is 39.2 Å². The molecule has 0 saturated carbocycles. The van der Waals surface area contributed by atoms with Crippen molar-refractivity contribution < 1.29 is 9.53 Å². The molecule has 1 aliphatic carbocycles. The molecule has 1 aromatic heterocycles. The molecule has 1 unspecified atom stereocenters. The van der Waals surface area contributed by atoms with Crippen LogP contribution in [0.3, 0.4) is 0 Å². The Bertz CT molecular complexity index is 423. The summed E-state index contributed by atoms with van der Waals surface area (Å²) in [5.74, 6) is 0.0440.